The maximum absolute atomic E-state index is 6.25. The van der Waals surface area contributed by atoms with Crippen molar-refractivity contribution in [1.29, 1.82) is 31.6 Å². The van der Waals surface area contributed by atoms with Gasteiger partial charge in [0.05, 0.1) is 0 Å². The zero-order chi connectivity index (χ0) is 12.0. The van der Waals surface area contributed by atoms with Crippen LogP contribution in [-0.2, 0) is 34.1 Å². The molecule has 0 heterocycles. The second-order valence-corrected chi connectivity index (χ2v) is 0. The SMILES string of the molecule is [C-]#N.[C-]#N.[C-]#N.[C-]#N.[C-]#N.[C-]#N.[Cu+2].[Cu+].[K+].[K+].[K+]. The molecule has 0 aromatic carbocycles. The van der Waals surface area contributed by atoms with E-state index in [1.807, 2.05) is 0 Å². The molecule has 1 radical (unpaired) electrons. The van der Waals surface area contributed by atoms with Crippen molar-refractivity contribution in [2.45, 2.75) is 0 Å². The van der Waals surface area contributed by atoms with Crippen LogP contribution >= 0.6 is 0 Å². The molecule has 0 spiro atoms. The van der Waals surface area contributed by atoms with E-state index in [1.165, 1.54) is 0 Å². The van der Waals surface area contributed by atoms with Crippen molar-refractivity contribution in [1.82, 2.24) is 0 Å². The van der Waals surface area contributed by atoms with Gasteiger partial charge in [0.15, 0.2) is 0 Å². The Balaban J connectivity index is -0.00000000267. The second-order valence-electron chi connectivity index (χ2n) is 0. The summed E-state index contributed by atoms with van der Waals surface area (Å²) in [4.78, 5) is 0. The molecule has 0 saturated carbocycles. The molecule has 0 rings (SSSR count). The van der Waals surface area contributed by atoms with E-state index in [0.29, 0.717) is 0 Å². The Labute approximate surface area is 252 Å². The van der Waals surface area contributed by atoms with Crippen LogP contribution in [0.3, 0.4) is 0 Å². The fraction of sp³-hybridized carbons (Fsp3) is 0. The van der Waals surface area contributed by atoms with Crippen LogP contribution in [0.25, 0.3) is 0 Å². The first-order valence-corrected chi connectivity index (χ1v) is 1.34. The van der Waals surface area contributed by atoms with Crippen molar-refractivity contribution < 1.29 is 188 Å². The van der Waals surface area contributed by atoms with Crippen molar-refractivity contribution in [3.63, 3.8) is 0 Å². The largest absolute Gasteiger partial charge is 2.00 e. The third kappa shape index (κ3) is 646. The summed E-state index contributed by atoms with van der Waals surface area (Å²) in [6.45, 7) is 28.5. The van der Waals surface area contributed by atoms with E-state index in [1.54, 1.807) is 0 Å². The molecule has 0 saturated heterocycles. The molecule has 0 N–H and O–H groups in total. The first-order valence-electron chi connectivity index (χ1n) is 1.34. The Hall–Kier alpha value is 2.89. The van der Waals surface area contributed by atoms with Crippen LogP contribution in [0.15, 0.2) is 0 Å². The summed E-state index contributed by atoms with van der Waals surface area (Å²) in [6, 6.07) is 0. The van der Waals surface area contributed by atoms with Gasteiger partial charge in [0, 0.05) is 0 Å². The average molecular weight is 400 g/mol. The third-order valence-corrected chi connectivity index (χ3v) is 0. The monoisotopic (exact) mass is 399 g/mol. The van der Waals surface area contributed by atoms with Gasteiger partial charge in [0.1, 0.15) is 0 Å². The van der Waals surface area contributed by atoms with Gasteiger partial charge >= 0.3 is 188 Å². The summed E-state index contributed by atoms with van der Waals surface area (Å²) in [5.41, 5.74) is 0. The van der Waals surface area contributed by atoms with Gasteiger partial charge < -0.3 is 71.0 Å². The van der Waals surface area contributed by atoms with Crippen LogP contribution in [0.4, 0.5) is 0 Å². The fourth-order valence-electron chi connectivity index (χ4n) is 0. The van der Waals surface area contributed by atoms with Crippen LogP contribution < -0.4 is 154 Å². The van der Waals surface area contributed by atoms with E-state index in [2.05, 4.69) is 0 Å². The van der Waals surface area contributed by atoms with Gasteiger partial charge in [-0.1, -0.05) is 0 Å². The predicted molar refractivity (Wildman–Crippen MR) is 29.8 cm³/mol. The third-order valence-electron chi connectivity index (χ3n) is 0. The van der Waals surface area contributed by atoms with E-state index in [4.69, 9.17) is 71.0 Å². The Kier molecular flexibility index (Phi) is 3830. The topological polar surface area (TPSA) is 143 Å². The first-order chi connectivity index (χ1) is 6.00. The van der Waals surface area contributed by atoms with E-state index in [-0.39, 0.29) is 188 Å². The van der Waals surface area contributed by atoms with E-state index >= 15 is 0 Å². The van der Waals surface area contributed by atoms with Crippen molar-refractivity contribution in [3.05, 3.63) is 39.4 Å². The molecule has 0 unspecified atom stereocenters. The molecule has 0 atom stereocenters. The summed E-state index contributed by atoms with van der Waals surface area (Å²) >= 11 is 0. The van der Waals surface area contributed by atoms with Crippen LogP contribution in [0.2, 0.25) is 0 Å². The summed E-state index contributed by atoms with van der Waals surface area (Å²) in [6.07, 6.45) is 0. The van der Waals surface area contributed by atoms with Gasteiger partial charge in [-0.25, -0.2) is 0 Å². The van der Waals surface area contributed by atoms with E-state index in [0.717, 1.165) is 0 Å². The van der Waals surface area contributed by atoms with Gasteiger partial charge in [0.25, 0.3) is 0 Å². The molecular weight excluding hydrogens is 400 g/mol. The Morgan fingerprint density at radius 1 is 0.353 bits per heavy atom. The Morgan fingerprint density at radius 2 is 0.353 bits per heavy atom. The van der Waals surface area contributed by atoms with Crippen LogP contribution in [-0.4, -0.2) is 0 Å². The molecular formula is C6Cu2K3N6. The molecule has 0 fully saturated rings. The number of nitrogens with zero attached hydrogens (tertiary/aromatic N) is 6. The molecule has 79 valence electrons. The summed E-state index contributed by atoms with van der Waals surface area (Å²) in [5, 5.41) is 37.5. The Bertz CT molecular complexity index is 107. The zero-order valence-electron chi connectivity index (χ0n) is 9.29. The van der Waals surface area contributed by atoms with Gasteiger partial charge in [0.2, 0.25) is 0 Å². The molecule has 0 bridgehead atoms. The van der Waals surface area contributed by atoms with Crippen molar-refractivity contribution in [2.24, 2.45) is 0 Å². The second kappa shape index (κ2) is 725. The van der Waals surface area contributed by atoms with Crippen molar-refractivity contribution in [3.8, 4) is 0 Å². The summed E-state index contributed by atoms with van der Waals surface area (Å²) in [5.74, 6) is 0. The van der Waals surface area contributed by atoms with Gasteiger partial charge in [-0.2, -0.15) is 0 Å². The van der Waals surface area contributed by atoms with Gasteiger partial charge in [-0.3, -0.25) is 0 Å². The van der Waals surface area contributed by atoms with Gasteiger partial charge in [-0.05, 0) is 0 Å². The summed E-state index contributed by atoms with van der Waals surface area (Å²) in [7, 11) is 0. The number of hydrogen-bond acceptors (Lipinski definition) is 6. The quantitative estimate of drug-likeness (QED) is 0.292. The molecule has 6 nitrogen and oxygen atoms in total. The zero-order valence-corrected chi connectivity index (χ0v) is 20.5. The summed E-state index contributed by atoms with van der Waals surface area (Å²) < 4.78 is 0. The van der Waals surface area contributed by atoms with E-state index < -0.39 is 0 Å². The van der Waals surface area contributed by atoms with Gasteiger partial charge in [-0.15, -0.1) is 0 Å². The van der Waals surface area contributed by atoms with Crippen molar-refractivity contribution in [2.75, 3.05) is 0 Å². The average Bonchev–Trinajstić information content (AvgIpc) is 2.33. The standard InChI is InChI=1S/6CN.2Cu.3K/c6*1-2;;;;;/q6*-1;+1;+2;3*+1. The minimum absolute atomic E-state index is 0. The van der Waals surface area contributed by atoms with Crippen LogP contribution in [0.5, 0.6) is 0 Å². The van der Waals surface area contributed by atoms with Crippen molar-refractivity contribution >= 4 is 0 Å². The molecule has 0 aliphatic heterocycles. The maximum Gasteiger partial charge on any atom is 2.00 e. The first kappa shape index (κ1) is 89.8. The number of hydrogen-bond donors (Lipinski definition) is 0. The molecule has 11 heteroatoms. The minimum atomic E-state index is 0. The molecule has 0 aromatic heterocycles. The molecule has 0 aliphatic rings. The maximum atomic E-state index is 6.25. The molecule has 0 amide bonds. The fourth-order valence-corrected chi connectivity index (χ4v) is 0. The smallest absolute Gasteiger partial charge is 0.512 e. The molecule has 17 heavy (non-hydrogen) atoms. The normalized spacial score (nSPS) is 0.706. The Morgan fingerprint density at radius 3 is 0.353 bits per heavy atom. The van der Waals surface area contributed by atoms with E-state index in [9.17, 15) is 0 Å². The number of rotatable bonds is 0. The molecule has 0 aliphatic carbocycles. The molecule has 0 aromatic rings. The van der Waals surface area contributed by atoms with Crippen LogP contribution in [0.1, 0.15) is 0 Å². The predicted octanol–water partition coefficient (Wildman–Crippen LogP) is -8.41. The minimum Gasteiger partial charge on any atom is -0.512 e. The van der Waals surface area contributed by atoms with Crippen LogP contribution in [0, 0.1) is 71.0 Å².